The third-order valence-corrected chi connectivity index (χ3v) is 4.72. The number of allylic oxidation sites excluding steroid dienone is 2. The van der Waals surface area contributed by atoms with Crippen molar-refractivity contribution in [3.63, 3.8) is 0 Å². The topological polar surface area (TPSA) is 34.2 Å². The molecule has 27 heavy (non-hydrogen) atoms. The number of nitrogens with one attached hydrogen (secondary N) is 1. The number of benzene rings is 1. The number of methoxy groups -OCH3 is 1. The summed E-state index contributed by atoms with van der Waals surface area (Å²) < 4.78 is 5.26. The Morgan fingerprint density at radius 3 is 2.59 bits per heavy atom. The summed E-state index contributed by atoms with van der Waals surface area (Å²) in [7, 11) is 1.71. The number of hydrogen-bond donors (Lipinski definition) is 1. The number of rotatable bonds is 13. The van der Waals surface area contributed by atoms with Gasteiger partial charge >= 0.3 is 0 Å². The number of unbranched alkanes of at least 4 members (excludes halogenated alkanes) is 2. The largest absolute Gasteiger partial charge is 0.497 e. The first-order valence-electron chi connectivity index (χ1n) is 10.3. The highest BCUT2D eigenvalue weighted by atomic mass is 16.5. The second-order valence-corrected chi connectivity index (χ2v) is 6.92. The van der Waals surface area contributed by atoms with E-state index in [4.69, 9.17) is 4.74 Å². The Kier molecular flexibility index (Phi) is 10.3. The highest BCUT2D eigenvalue weighted by Crippen LogP contribution is 2.23. The van der Waals surface area contributed by atoms with Crippen LogP contribution in [0.5, 0.6) is 5.75 Å². The van der Waals surface area contributed by atoms with E-state index < -0.39 is 0 Å². The van der Waals surface area contributed by atoms with Gasteiger partial charge in [0.15, 0.2) is 0 Å². The summed E-state index contributed by atoms with van der Waals surface area (Å²) >= 11 is 0. The molecule has 0 saturated carbocycles. The van der Waals surface area contributed by atoms with Crippen LogP contribution in [0.4, 0.5) is 0 Å². The van der Waals surface area contributed by atoms with E-state index in [-0.39, 0.29) is 0 Å². The maximum atomic E-state index is 5.26. The van der Waals surface area contributed by atoms with Crippen LogP contribution in [0.15, 0.2) is 54.9 Å². The van der Waals surface area contributed by atoms with Gasteiger partial charge in [0.05, 0.1) is 7.11 Å². The zero-order valence-corrected chi connectivity index (χ0v) is 16.9. The van der Waals surface area contributed by atoms with Crippen molar-refractivity contribution in [2.45, 2.75) is 51.9 Å². The second kappa shape index (κ2) is 13.1. The molecule has 1 heterocycles. The molecule has 2 rings (SSSR count). The summed E-state index contributed by atoms with van der Waals surface area (Å²) in [6, 6.07) is 12.6. The fourth-order valence-corrected chi connectivity index (χ4v) is 3.19. The molecule has 0 aliphatic carbocycles. The van der Waals surface area contributed by atoms with Gasteiger partial charge in [0, 0.05) is 12.4 Å². The molecular weight excluding hydrogens is 332 g/mol. The highest BCUT2D eigenvalue weighted by molar-refractivity contribution is 5.66. The zero-order valence-electron chi connectivity index (χ0n) is 16.9. The van der Waals surface area contributed by atoms with Crippen LogP contribution < -0.4 is 10.1 Å². The number of hydrogen-bond acceptors (Lipinski definition) is 3. The fourth-order valence-electron chi connectivity index (χ4n) is 3.19. The van der Waals surface area contributed by atoms with Crippen LogP contribution in [-0.2, 0) is 6.42 Å². The van der Waals surface area contributed by atoms with E-state index in [1.807, 2.05) is 30.6 Å². The molecule has 1 aromatic carbocycles. The average molecular weight is 367 g/mol. The first kappa shape index (κ1) is 21.2. The molecule has 0 unspecified atom stereocenters. The first-order chi connectivity index (χ1) is 13.3. The van der Waals surface area contributed by atoms with E-state index in [1.165, 1.54) is 42.4 Å². The minimum atomic E-state index is 0.919. The lowest BCUT2D eigenvalue weighted by atomic mass is 9.99. The minimum absolute atomic E-state index is 0.919. The Hall–Kier alpha value is -2.13. The molecule has 0 fully saturated rings. The Labute approximate surface area is 164 Å². The van der Waals surface area contributed by atoms with E-state index in [2.05, 4.69) is 41.5 Å². The third-order valence-electron chi connectivity index (χ3n) is 4.72. The van der Waals surface area contributed by atoms with Gasteiger partial charge in [-0.05, 0) is 86.5 Å². The van der Waals surface area contributed by atoms with Crippen molar-refractivity contribution in [2.24, 2.45) is 0 Å². The van der Waals surface area contributed by atoms with Gasteiger partial charge in [0.25, 0.3) is 0 Å². The number of nitrogens with zero attached hydrogens (tertiary/aromatic N) is 1. The molecule has 146 valence electrons. The van der Waals surface area contributed by atoms with E-state index in [0.717, 1.165) is 38.1 Å². The molecule has 0 aliphatic heterocycles. The van der Waals surface area contributed by atoms with Gasteiger partial charge in [0.2, 0.25) is 0 Å². The standard InChI is InChI=1S/C24H34N2O/c1-3-9-22(23-13-15-24(27-2)16-14-23)12-5-7-18-25-17-6-4-10-21-11-8-19-26-20-21/h8,11-16,19-20,25H,3-7,9-10,17-18H2,1-2H3. The number of ether oxygens (including phenoxy) is 1. The van der Waals surface area contributed by atoms with E-state index >= 15 is 0 Å². The molecule has 3 heteroatoms. The average Bonchev–Trinajstić information content (AvgIpc) is 2.72. The van der Waals surface area contributed by atoms with Gasteiger partial charge in [-0.2, -0.15) is 0 Å². The quantitative estimate of drug-likeness (QED) is 0.464. The lowest BCUT2D eigenvalue weighted by Gasteiger charge is -2.09. The Morgan fingerprint density at radius 1 is 1.07 bits per heavy atom. The lowest BCUT2D eigenvalue weighted by molar-refractivity contribution is 0.415. The summed E-state index contributed by atoms with van der Waals surface area (Å²) in [4.78, 5) is 4.16. The van der Waals surface area contributed by atoms with E-state index in [1.54, 1.807) is 7.11 Å². The van der Waals surface area contributed by atoms with Crippen LogP contribution in [0.1, 0.15) is 56.6 Å². The van der Waals surface area contributed by atoms with Gasteiger partial charge in [-0.25, -0.2) is 0 Å². The van der Waals surface area contributed by atoms with Gasteiger partial charge in [-0.3, -0.25) is 4.98 Å². The van der Waals surface area contributed by atoms with Crippen molar-refractivity contribution < 1.29 is 4.74 Å². The minimum Gasteiger partial charge on any atom is -0.497 e. The second-order valence-electron chi connectivity index (χ2n) is 6.92. The molecule has 3 nitrogen and oxygen atoms in total. The lowest BCUT2D eigenvalue weighted by Crippen LogP contribution is -2.16. The van der Waals surface area contributed by atoms with Crippen molar-refractivity contribution in [2.75, 3.05) is 20.2 Å². The molecule has 0 bridgehead atoms. The Balaban J connectivity index is 1.61. The number of aryl methyl sites for hydroxylation is 1. The zero-order chi connectivity index (χ0) is 19.2. The van der Waals surface area contributed by atoms with Crippen molar-refractivity contribution >= 4 is 5.57 Å². The Morgan fingerprint density at radius 2 is 1.89 bits per heavy atom. The molecule has 2 aromatic rings. The van der Waals surface area contributed by atoms with Crippen molar-refractivity contribution in [3.05, 3.63) is 66.0 Å². The van der Waals surface area contributed by atoms with Crippen molar-refractivity contribution in [1.29, 1.82) is 0 Å². The molecule has 0 amide bonds. The smallest absolute Gasteiger partial charge is 0.118 e. The molecule has 1 aromatic heterocycles. The molecule has 0 saturated heterocycles. The molecule has 0 atom stereocenters. The van der Waals surface area contributed by atoms with Crippen LogP contribution in [0.25, 0.3) is 5.57 Å². The summed E-state index contributed by atoms with van der Waals surface area (Å²) in [5, 5.41) is 3.57. The molecular formula is C24H34N2O. The number of pyridine rings is 1. The third kappa shape index (κ3) is 8.40. The maximum Gasteiger partial charge on any atom is 0.118 e. The molecule has 0 spiro atoms. The molecule has 1 N–H and O–H groups in total. The maximum absolute atomic E-state index is 5.26. The molecule has 0 aliphatic rings. The van der Waals surface area contributed by atoms with Crippen LogP contribution in [-0.4, -0.2) is 25.2 Å². The van der Waals surface area contributed by atoms with Gasteiger partial charge in [-0.15, -0.1) is 0 Å². The number of aromatic nitrogens is 1. The van der Waals surface area contributed by atoms with Crippen LogP contribution >= 0.6 is 0 Å². The summed E-state index contributed by atoms with van der Waals surface area (Å²) in [5.74, 6) is 0.919. The van der Waals surface area contributed by atoms with E-state index in [9.17, 15) is 0 Å². The van der Waals surface area contributed by atoms with Gasteiger partial charge in [-0.1, -0.05) is 37.6 Å². The van der Waals surface area contributed by atoms with Gasteiger partial charge in [0.1, 0.15) is 5.75 Å². The van der Waals surface area contributed by atoms with Crippen LogP contribution in [0, 0.1) is 0 Å². The van der Waals surface area contributed by atoms with Crippen molar-refractivity contribution in [3.8, 4) is 5.75 Å². The predicted molar refractivity (Wildman–Crippen MR) is 115 cm³/mol. The first-order valence-corrected chi connectivity index (χ1v) is 10.3. The predicted octanol–water partition coefficient (Wildman–Crippen LogP) is 5.67. The summed E-state index contributed by atoms with van der Waals surface area (Å²) in [6.07, 6.45) is 14.4. The Bertz CT molecular complexity index is 650. The fraction of sp³-hybridized carbons (Fsp3) is 0.458. The SMILES string of the molecule is CCCC(=CCCCNCCCCc1cccnc1)c1ccc(OC)cc1. The highest BCUT2D eigenvalue weighted by Gasteiger charge is 2.01. The van der Waals surface area contributed by atoms with Crippen LogP contribution in [0.2, 0.25) is 0 Å². The van der Waals surface area contributed by atoms with Crippen molar-refractivity contribution in [1.82, 2.24) is 10.3 Å². The van der Waals surface area contributed by atoms with Crippen LogP contribution in [0.3, 0.4) is 0 Å². The summed E-state index contributed by atoms with van der Waals surface area (Å²) in [6.45, 7) is 4.43. The normalized spacial score (nSPS) is 11.6. The van der Waals surface area contributed by atoms with E-state index in [0.29, 0.717) is 0 Å². The monoisotopic (exact) mass is 366 g/mol. The molecule has 0 radical (unpaired) electrons. The summed E-state index contributed by atoms with van der Waals surface area (Å²) in [5.41, 5.74) is 4.11. The van der Waals surface area contributed by atoms with Gasteiger partial charge < -0.3 is 10.1 Å².